The number of hydrogen-bond acceptors (Lipinski definition) is 4. The number of pyridine rings is 1. The number of likely N-dealkylation sites (N-methyl/N-ethyl adjacent to an activating group) is 1. The molecule has 1 N–H and O–H groups in total. The number of urea groups is 1. The van der Waals surface area contributed by atoms with Crippen molar-refractivity contribution in [1.29, 1.82) is 5.26 Å². The van der Waals surface area contributed by atoms with Gasteiger partial charge in [0.2, 0.25) is 0 Å². The van der Waals surface area contributed by atoms with Crippen molar-refractivity contribution in [2.45, 2.75) is 6.18 Å². The Hall–Kier alpha value is -3.90. The van der Waals surface area contributed by atoms with Crippen molar-refractivity contribution in [2.75, 3.05) is 37.4 Å². The van der Waals surface area contributed by atoms with Crippen molar-refractivity contribution >= 4 is 17.4 Å². The van der Waals surface area contributed by atoms with E-state index in [1.807, 2.05) is 37.2 Å². The maximum absolute atomic E-state index is 13.0. The van der Waals surface area contributed by atoms with E-state index in [9.17, 15) is 18.0 Å². The maximum atomic E-state index is 13.0. The smallest absolute Gasteiger partial charge is 0.308 e. The number of nitrogens with zero attached hydrogens (tertiary/aromatic N) is 4. The zero-order valence-electron chi connectivity index (χ0n) is 18.1. The van der Waals surface area contributed by atoms with Gasteiger partial charge in [-0.3, -0.25) is 4.90 Å². The Morgan fingerprint density at radius 2 is 1.76 bits per heavy atom. The average Bonchev–Trinajstić information content (AvgIpc) is 2.79. The molecule has 0 aliphatic rings. The number of rotatable bonds is 6. The maximum Gasteiger partial charge on any atom is 0.433 e. The topological polar surface area (TPSA) is 72.3 Å². The number of alkyl halides is 3. The van der Waals surface area contributed by atoms with E-state index in [-0.39, 0.29) is 5.69 Å². The number of amides is 2. The lowest BCUT2D eigenvalue weighted by molar-refractivity contribution is -0.141. The predicted molar refractivity (Wildman–Crippen MR) is 121 cm³/mol. The molecule has 3 aromatic rings. The van der Waals surface area contributed by atoms with E-state index in [1.54, 1.807) is 30.3 Å². The van der Waals surface area contributed by atoms with E-state index in [4.69, 9.17) is 5.26 Å². The predicted octanol–water partition coefficient (Wildman–Crippen LogP) is 5.24. The third-order valence-corrected chi connectivity index (χ3v) is 4.83. The molecule has 170 valence electrons. The van der Waals surface area contributed by atoms with Gasteiger partial charge in [0, 0.05) is 18.8 Å². The lowest BCUT2D eigenvalue weighted by atomic mass is 10.0. The average molecular weight is 453 g/mol. The van der Waals surface area contributed by atoms with Crippen molar-refractivity contribution in [3.63, 3.8) is 0 Å². The molecular formula is C24H22F3N5O. The number of hydrogen-bond donors (Lipinski definition) is 1. The summed E-state index contributed by atoms with van der Waals surface area (Å²) in [5.41, 5.74) is 2.06. The Morgan fingerprint density at radius 1 is 1.03 bits per heavy atom. The number of carbonyl (C=O) groups is 1. The Labute approximate surface area is 189 Å². The highest BCUT2D eigenvalue weighted by molar-refractivity contribution is 6.01. The van der Waals surface area contributed by atoms with Crippen LogP contribution in [-0.4, -0.2) is 43.1 Å². The van der Waals surface area contributed by atoms with E-state index in [0.29, 0.717) is 24.3 Å². The first-order valence-corrected chi connectivity index (χ1v) is 10.0. The van der Waals surface area contributed by atoms with Gasteiger partial charge in [-0.15, -0.1) is 0 Å². The van der Waals surface area contributed by atoms with E-state index in [1.165, 1.54) is 11.0 Å². The molecule has 0 fully saturated rings. The van der Waals surface area contributed by atoms with Crippen LogP contribution in [0.25, 0.3) is 11.1 Å². The molecule has 33 heavy (non-hydrogen) atoms. The second-order valence-electron chi connectivity index (χ2n) is 7.55. The molecule has 9 heteroatoms. The van der Waals surface area contributed by atoms with Crippen molar-refractivity contribution in [1.82, 2.24) is 9.88 Å². The molecule has 0 aliphatic heterocycles. The zero-order valence-corrected chi connectivity index (χ0v) is 18.1. The van der Waals surface area contributed by atoms with Gasteiger partial charge in [0.25, 0.3) is 0 Å². The molecule has 0 spiro atoms. The number of carbonyl (C=O) groups excluding carboxylic acids is 1. The van der Waals surface area contributed by atoms with Crippen LogP contribution in [0, 0.1) is 11.3 Å². The van der Waals surface area contributed by atoms with Crippen molar-refractivity contribution in [3.8, 4) is 17.2 Å². The summed E-state index contributed by atoms with van der Waals surface area (Å²) in [6, 6.07) is 18.1. The summed E-state index contributed by atoms with van der Waals surface area (Å²) in [5.74, 6) is 0. The minimum atomic E-state index is -4.55. The molecule has 0 bridgehead atoms. The van der Waals surface area contributed by atoms with Gasteiger partial charge in [-0.2, -0.15) is 18.4 Å². The number of anilines is 2. The van der Waals surface area contributed by atoms with Gasteiger partial charge in [-0.05, 0) is 61.6 Å². The first kappa shape index (κ1) is 23.8. The molecule has 3 rings (SSSR count). The van der Waals surface area contributed by atoms with Crippen LogP contribution in [0.3, 0.4) is 0 Å². The molecule has 0 saturated carbocycles. The molecule has 0 saturated heterocycles. The second kappa shape index (κ2) is 10.1. The molecule has 1 aromatic heterocycles. The minimum absolute atomic E-state index is 0.160. The fraction of sp³-hybridized carbons (Fsp3) is 0.208. The standard InChI is InChI=1S/C24H22F3N5O/c1-31(2)12-13-32(23(33)30-20-8-11-22(29-16-20)24(25,26)27)21-9-6-18(7-10-21)19-5-3-4-17(14-19)15-28/h3-11,14,16H,12-13H2,1-2H3,(H,30,33). The van der Waals surface area contributed by atoms with Gasteiger partial charge in [0.15, 0.2) is 0 Å². The summed E-state index contributed by atoms with van der Waals surface area (Å²) in [4.78, 5) is 19.8. The largest absolute Gasteiger partial charge is 0.433 e. The number of aromatic nitrogens is 1. The van der Waals surface area contributed by atoms with E-state index in [2.05, 4.69) is 16.4 Å². The quantitative estimate of drug-likeness (QED) is 0.554. The molecule has 2 amide bonds. The van der Waals surface area contributed by atoms with Crippen LogP contribution in [-0.2, 0) is 6.18 Å². The van der Waals surface area contributed by atoms with Gasteiger partial charge in [0.1, 0.15) is 5.69 Å². The monoisotopic (exact) mass is 453 g/mol. The van der Waals surface area contributed by atoms with Crippen molar-refractivity contribution in [2.24, 2.45) is 0 Å². The zero-order chi connectivity index (χ0) is 24.0. The lowest BCUT2D eigenvalue weighted by Crippen LogP contribution is -2.39. The van der Waals surface area contributed by atoms with Gasteiger partial charge in [-0.25, -0.2) is 9.78 Å². The first-order valence-electron chi connectivity index (χ1n) is 10.0. The van der Waals surface area contributed by atoms with Crippen LogP contribution >= 0.6 is 0 Å². The second-order valence-corrected chi connectivity index (χ2v) is 7.55. The fourth-order valence-electron chi connectivity index (χ4n) is 3.08. The van der Waals surface area contributed by atoms with Crippen LogP contribution < -0.4 is 10.2 Å². The summed E-state index contributed by atoms with van der Waals surface area (Å²) >= 11 is 0. The number of halogens is 3. The molecule has 0 unspecified atom stereocenters. The van der Waals surface area contributed by atoms with Crippen LogP contribution in [0.4, 0.5) is 29.3 Å². The highest BCUT2D eigenvalue weighted by Gasteiger charge is 2.32. The fourth-order valence-corrected chi connectivity index (χ4v) is 3.08. The molecule has 0 atom stereocenters. The molecular weight excluding hydrogens is 431 g/mol. The number of benzene rings is 2. The van der Waals surface area contributed by atoms with Gasteiger partial charge in [-0.1, -0.05) is 24.3 Å². The molecule has 2 aromatic carbocycles. The summed E-state index contributed by atoms with van der Waals surface area (Å²) in [6.45, 7) is 0.931. The van der Waals surface area contributed by atoms with Gasteiger partial charge >= 0.3 is 12.2 Å². The summed E-state index contributed by atoms with van der Waals surface area (Å²) in [5, 5.41) is 11.7. The Morgan fingerprint density at radius 3 is 2.33 bits per heavy atom. The van der Waals surface area contributed by atoms with Crippen LogP contribution in [0.5, 0.6) is 0 Å². The van der Waals surface area contributed by atoms with Crippen LogP contribution in [0.1, 0.15) is 11.3 Å². The third-order valence-electron chi connectivity index (χ3n) is 4.83. The lowest BCUT2D eigenvalue weighted by Gasteiger charge is -2.25. The Bertz CT molecular complexity index is 1140. The van der Waals surface area contributed by atoms with Crippen molar-refractivity contribution < 1.29 is 18.0 Å². The van der Waals surface area contributed by atoms with Crippen LogP contribution in [0.2, 0.25) is 0 Å². The summed E-state index contributed by atoms with van der Waals surface area (Å²) in [6.07, 6.45) is -3.56. The van der Waals surface area contributed by atoms with Crippen LogP contribution in [0.15, 0.2) is 66.9 Å². The molecule has 6 nitrogen and oxygen atoms in total. The highest BCUT2D eigenvalue weighted by Crippen LogP contribution is 2.28. The van der Waals surface area contributed by atoms with Crippen molar-refractivity contribution in [3.05, 3.63) is 78.1 Å². The summed E-state index contributed by atoms with van der Waals surface area (Å²) < 4.78 is 38.2. The van der Waals surface area contributed by atoms with Gasteiger partial charge in [0.05, 0.1) is 23.5 Å². The van der Waals surface area contributed by atoms with Gasteiger partial charge < -0.3 is 10.2 Å². The molecule has 0 aliphatic carbocycles. The molecule has 1 heterocycles. The number of nitriles is 1. The summed E-state index contributed by atoms with van der Waals surface area (Å²) in [7, 11) is 3.75. The highest BCUT2D eigenvalue weighted by atomic mass is 19.4. The van der Waals surface area contributed by atoms with E-state index >= 15 is 0 Å². The van der Waals surface area contributed by atoms with E-state index < -0.39 is 17.9 Å². The third kappa shape index (κ3) is 6.30. The normalized spacial score (nSPS) is 11.2. The SMILES string of the molecule is CN(C)CCN(C(=O)Nc1ccc(C(F)(F)F)nc1)c1ccc(-c2cccc(C#N)c2)cc1. The number of nitrogens with one attached hydrogen (secondary N) is 1. The minimum Gasteiger partial charge on any atom is -0.308 e. The molecule has 0 radical (unpaired) electrons. The Balaban J connectivity index is 1.81. The Kier molecular flexibility index (Phi) is 7.30. The first-order chi connectivity index (χ1) is 15.7. The van der Waals surface area contributed by atoms with E-state index in [0.717, 1.165) is 23.4 Å².